The second kappa shape index (κ2) is 2.77. The highest BCUT2D eigenvalue weighted by molar-refractivity contribution is 9.10. The van der Waals surface area contributed by atoms with Crippen LogP contribution in [0.4, 0.5) is 0 Å². The van der Waals surface area contributed by atoms with Gasteiger partial charge in [0.1, 0.15) is 4.60 Å². The standard InChI is InChI=1S/C3BrCl2N3/c4-1-2(5)8-9-3(6)7-1. The predicted molar refractivity (Wildman–Crippen MR) is 37.5 cm³/mol. The molecule has 1 rings (SSSR count). The Labute approximate surface area is 69.5 Å². The molecule has 0 aliphatic rings. The van der Waals surface area contributed by atoms with Crippen LogP contribution in [-0.4, -0.2) is 15.2 Å². The quantitative estimate of drug-likeness (QED) is 0.682. The van der Waals surface area contributed by atoms with Crippen LogP contribution in [0.1, 0.15) is 0 Å². The van der Waals surface area contributed by atoms with Gasteiger partial charge in [-0.15, -0.1) is 10.2 Å². The second-order valence-electron chi connectivity index (χ2n) is 1.16. The number of nitrogens with zero attached hydrogens (tertiary/aromatic N) is 3. The van der Waals surface area contributed by atoms with E-state index in [-0.39, 0.29) is 10.4 Å². The SMILES string of the molecule is Clc1nnc(Cl)c(Br)n1. The first-order valence-electron chi connectivity index (χ1n) is 1.91. The van der Waals surface area contributed by atoms with Crippen molar-refractivity contribution < 1.29 is 0 Å². The van der Waals surface area contributed by atoms with Crippen molar-refractivity contribution in [2.75, 3.05) is 0 Å². The summed E-state index contributed by atoms with van der Waals surface area (Å²) in [6, 6.07) is 0. The number of halogens is 3. The van der Waals surface area contributed by atoms with Crippen molar-refractivity contribution in [3.05, 3.63) is 15.0 Å². The van der Waals surface area contributed by atoms with Gasteiger partial charge < -0.3 is 0 Å². The lowest BCUT2D eigenvalue weighted by Gasteiger charge is -1.89. The van der Waals surface area contributed by atoms with Crippen LogP contribution < -0.4 is 0 Å². The van der Waals surface area contributed by atoms with Crippen molar-refractivity contribution in [2.45, 2.75) is 0 Å². The first-order valence-corrected chi connectivity index (χ1v) is 3.46. The minimum absolute atomic E-state index is 0.0753. The summed E-state index contributed by atoms with van der Waals surface area (Å²) in [6.45, 7) is 0. The second-order valence-corrected chi connectivity index (χ2v) is 2.61. The van der Waals surface area contributed by atoms with Gasteiger partial charge in [-0.25, -0.2) is 4.98 Å². The van der Waals surface area contributed by atoms with E-state index in [0.717, 1.165) is 0 Å². The molecule has 6 heteroatoms. The molecule has 0 N–H and O–H groups in total. The largest absolute Gasteiger partial charge is 0.244 e. The van der Waals surface area contributed by atoms with Crippen molar-refractivity contribution in [1.82, 2.24) is 15.2 Å². The predicted octanol–water partition coefficient (Wildman–Crippen LogP) is 1.94. The minimum Gasteiger partial charge on any atom is -0.206 e. The van der Waals surface area contributed by atoms with Crippen LogP contribution in [0.2, 0.25) is 10.4 Å². The first kappa shape index (κ1) is 7.18. The van der Waals surface area contributed by atoms with Gasteiger partial charge in [0.2, 0.25) is 5.28 Å². The van der Waals surface area contributed by atoms with E-state index in [9.17, 15) is 0 Å². The van der Waals surface area contributed by atoms with Gasteiger partial charge >= 0.3 is 0 Å². The summed E-state index contributed by atoms with van der Waals surface area (Å²) in [5.74, 6) is 0. The van der Waals surface area contributed by atoms with E-state index in [0.29, 0.717) is 4.60 Å². The maximum absolute atomic E-state index is 5.44. The van der Waals surface area contributed by atoms with Crippen LogP contribution in [0.15, 0.2) is 4.60 Å². The van der Waals surface area contributed by atoms with Gasteiger partial charge in [0, 0.05) is 0 Å². The highest BCUT2D eigenvalue weighted by Gasteiger charge is 1.99. The fraction of sp³-hybridized carbons (Fsp3) is 0. The summed E-state index contributed by atoms with van der Waals surface area (Å²) < 4.78 is 0.407. The van der Waals surface area contributed by atoms with Crippen molar-refractivity contribution in [3.63, 3.8) is 0 Å². The van der Waals surface area contributed by atoms with Gasteiger partial charge in [-0.3, -0.25) is 0 Å². The van der Waals surface area contributed by atoms with Crippen LogP contribution in [0.5, 0.6) is 0 Å². The highest BCUT2D eigenvalue weighted by atomic mass is 79.9. The molecule has 0 aromatic carbocycles. The average molecular weight is 229 g/mol. The molecular formula is C3BrCl2N3. The van der Waals surface area contributed by atoms with E-state index in [1.165, 1.54) is 0 Å². The smallest absolute Gasteiger partial charge is 0.206 e. The first-order chi connectivity index (χ1) is 4.20. The van der Waals surface area contributed by atoms with E-state index in [4.69, 9.17) is 23.2 Å². The van der Waals surface area contributed by atoms with E-state index in [1.807, 2.05) is 0 Å². The van der Waals surface area contributed by atoms with Crippen LogP contribution in [-0.2, 0) is 0 Å². The fourth-order valence-corrected chi connectivity index (χ4v) is 0.828. The molecule has 0 radical (unpaired) electrons. The summed E-state index contributed by atoms with van der Waals surface area (Å²) in [5.41, 5.74) is 0. The Balaban J connectivity index is 3.17. The van der Waals surface area contributed by atoms with Crippen LogP contribution in [0, 0.1) is 0 Å². The molecule has 0 amide bonds. The van der Waals surface area contributed by atoms with Gasteiger partial charge in [0.25, 0.3) is 0 Å². The van der Waals surface area contributed by atoms with Crippen molar-refractivity contribution in [3.8, 4) is 0 Å². The summed E-state index contributed by atoms with van der Waals surface area (Å²) in [7, 11) is 0. The Morgan fingerprint density at radius 1 is 1.22 bits per heavy atom. The van der Waals surface area contributed by atoms with E-state index < -0.39 is 0 Å². The molecule has 0 unspecified atom stereocenters. The number of hydrogen-bond donors (Lipinski definition) is 0. The van der Waals surface area contributed by atoms with E-state index in [2.05, 4.69) is 31.1 Å². The lowest BCUT2D eigenvalue weighted by atomic mass is 10.9. The third-order valence-electron chi connectivity index (χ3n) is 0.581. The maximum atomic E-state index is 5.44. The molecule has 0 spiro atoms. The Kier molecular flexibility index (Phi) is 2.21. The van der Waals surface area contributed by atoms with Crippen LogP contribution in [0.3, 0.4) is 0 Å². The van der Waals surface area contributed by atoms with Gasteiger partial charge in [0.15, 0.2) is 5.15 Å². The third-order valence-corrected chi connectivity index (χ3v) is 1.78. The van der Waals surface area contributed by atoms with E-state index >= 15 is 0 Å². The van der Waals surface area contributed by atoms with Gasteiger partial charge in [-0.1, -0.05) is 11.6 Å². The van der Waals surface area contributed by atoms with Crippen LogP contribution in [0.25, 0.3) is 0 Å². The zero-order valence-corrected chi connectivity index (χ0v) is 7.07. The molecule has 0 saturated heterocycles. The van der Waals surface area contributed by atoms with Crippen molar-refractivity contribution in [1.29, 1.82) is 0 Å². The van der Waals surface area contributed by atoms with Gasteiger partial charge in [0.05, 0.1) is 0 Å². The average Bonchev–Trinajstić information content (AvgIpc) is 1.80. The third kappa shape index (κ3) is 1.74. The molecule has 3 nitrogen and oxygen atoms in total. The molecule has 48 valence electrons. The Bertz CT molecular complexity index is 228. The number of rotatable bonds is 0. The van der Waals surface area contributed by atoms with Crippen LogP contribution >= 0.6 is 39.1 Å². The van der Waals surface area contributed by atoms with E-state index in [1.54, 1.807) is 0 Å². The Morgan fingerprint density at radius 3 is 2.33 bits per heavy atom. The fourth-order valence-electron chi connectivity index (χ4n) is 0.276. The summed E-state index contributed by atoms with van der Waals surface area (Å²) >= 11 is 13.8. The van der Waals surface area contributed by atoms with Crippen molar-refractivity contribution >= 4 is 39.1 Å². The maximum Gasteiger partial charge on any atom is 0.244 e. The molecule has 0 bridgehead atoms. The number of aromatic nitrogens is 3. The molecule has 1 heterocycles. The topological polar surface area (TPSA) is 38.7 Å². The summed E-state index contributed by atoms with van der Waals surface area (Å²) in [6.07, 6.45) is 0. The van der Waals surface area contributed by atoms with Gasteiger partial charge in [-0.2, -0.15) is 0 Å². The molecule has 0 fully saturated rings. The summed E-state index contributed by atoms with van der Waals surface area (Å²) in [5, 5.41) is 7.12. The lowest BCUT2D eigenvalue weighted by molar-refractivity contribution is 0.955. The molecule has 1 aromatic heterocycles. The molecule has 1 aromatic rings. The molecule has 0 saturated carbocycles. The molecule has 0 atom stereocenters. The molecule has 0 aliphatic carbocycles. The minimum atomic E-state index is 0.0753. The molecular weight excluding hydrogens is 229 g/mol. The van der Waals surface area contributed by atoms with Gasteiger partial charge in [-0.05, 0) is 27.5 Å². The Hall–Kier alpha value is 0.0700. The Morgan fingerprint density at radius 2 is 1.89 bits per heavy atom. The monoisotopic (exact) mass is 227 g/mol. The number of hydrogen-bond acceptors (Lipinski definition) is 3. The zero-order valence-electron chi connectivity index (χ0n) is 3.98. The van der Waals surface area contributed by atoms with Crippen molar-refractivity contribution in [2.24, 2.45) is 0 Å². The zero-order chi connectivity index (χ0) is 6.85. The lowest BCUT2D eigenvalue weighted by Crippen LogP contribution is -1.87. The summed E-state index contributed by atoms with van der Waals surface area (Å²) in [4.78, 5) is 3.65. The highest BCUT2D eigenvalue weighted by Crippen LogP contribution is 2.16. The normalized spacial score (nSPS) is 9.67. The molecule has 0 aliphatic heterocycles. The molecule has 9 heavy (non-hydrogen) atoms.